The molecule has 0 saturated heterocycles. The topological polar surface area (TPSA) is 102 Å². The number of benzene rings is 1. The lowest BCUT2D eigenvalue weighted by Crippen LogP contribution is -2.30. The van der Waals surface area contributed by atoms with Crippen molar-refractivity contribution in [2.24, 2.45) is 0 Å². The van der Waals surface area contributed by atoms with Gasteiger partial charge in [0, 0.05) is 16.9 Å². The quantitative estimate of drug-likeness (QED) is 0.558. The number of nitrogens with one attached hydrogen (secondary N) is 2. The smallest absolute Gasteiger partial charge is 0.322 e. The molecular formula is C12H10ClN3O3. The lowest BCUT2D eigenvalue weighted by Gasteiger charge is -2.03. The summed E-state index contributed by atoms with van der Waals surface area (Å²) >= 11 is 5.71. The number of nitrogens with zero attached hydrogens (tertiary/aromatic N) is 1. The van der Waals surface area contributed by atoms with E-state index < -0.39 is 18.4 Å². The summed E-state index contributed by atoms with van der Waals surface area (Å²) in [6, 6.07) is 8.31. The van der Waals surface area contributed by atoms with Gasteiger partial charge in [-0.3, -0.25) is 9.59 Å². The number of carbonyl (C=O) groups excluding carboxylic acids is 1. The minimum absolute atomic E-state index is 0.226. The van der Waals surface area contributed by atoms with Gasteiger partial charge in [-0.2, -0.15) is 5.26 Å². The zero-order chi connectivity index (χ0) is 14.3. The van der Waals surface area contributed by atoms with Crippen molar-refractivity contribution in [1.82, 2.24) is 5.32 Å². The molecule has 1 aromatic rings. The normalized spacial score (nSPS) is 10.4. The first-order valence-corrected chi connectivity index (χ1v) is 5.53. The Labute approximate surface area is 114 Å². The van der Waals surface area contributed by atoms with Gasteiger partial charge < -0.3 is 15.7 Å². The average molecular weight is 280 g/mol. The van der Waals surface area contributed by atoms with Crippen LogP contribution < -0.4 is 10.6 Å². The number of amides is 1. The second kappa shape index (κ2) is 7.03. The maximum Gasteiger partial charge on any atom is 0.322 e. The standard InChI is InChI=1S/C12H10ClN3O3/c13-9-1-3-10(4-2-9)15-6-8(5-14)12(19)16-7-11(17)18/h1-4,6,15H,7H2,(H,16,19)(H,17,18)/b8-6-. The highest BCUT2D eigenvalue weighted by atomic mass is 35.5. The van der Waals surface area contributed by atoms with Crippen LogP contribution in [0.1, 0.15) is 0 Å². The Balaban J connectivity index is 2.66. The molecule has 0 unspecified atom stereocenters. The van der Waals surface area contributed by atoms with E-state index in [-0.39, 0.29) is 5.57 Å². The van der Waals surface area contributed by atoms with E-state index in [9.17, 15) is 9.59 Å². The number of aliphatic carboxylic acids is 1. The highest BCUT2D eigenvalue weighted by Crippen LogP contribution is 2.13. The molecule has 0 atom stereocenters. The average Bonchev–Trinajstić information content (AvgIpc) is 2.39. The van der Waals surface area contributed by atoms with Crippen LogP contribution in [0, 0.1) is 11.3 Å². The number of hydrogen-bond acceptors (Lipinski definition) is 4. The molecule has 0 fully saturated rings. The van der Waals surface area contributed by atoms with Crippen molar-refractivity contribution < 1.29 is 14.7 Å². The number of nitriles is 1. The highest BCUT2D eigenvalue weighted by Gasteiger charge is 2.09. The number of carbonyl (C=O) groups is 2. The zero-order valence-electron chi connectivity index (χ0n) is 9.68. The van der Waals surface area contributed by atoms with E-state index in [2.05, 4.69) is 10.6 Å². The maximum atomic E-state index is 11.4. The number of rotatable bonds is 5. The van der Waals surface area contributed by atoms with Crippen LogP contribution in [-0.4, -0.2) is 23.5 Å². The van der Waals surface area contributed by atoms with E-state index in [1.165, 1.54) is 6.20 Å². The Morgan fingerprint density at radius 2 is 2.00 bits per heavy atom. The van der Waals surface area contributed by atoms with Crippen LogP contribution in [-0.2, 0) is 9.59 Å². The van der Waals surface area contributed by atoms with E-state index in [0.29, 0.717) is 10.7 Å². The molecule has 3 N–H and O–H groups in total. The number of anilines is 1. The fourth-order valence-corrected chi connectivity index (χ4v) is 1.23. The van der Waals surface area contributed by atoms with Crippen LogP contribution in [0.3, 0.4) is 0 Å². The van der Waals surface area contributed by atoms with Gasteiger partial charge in [0.1, 0.15) is 18.2 Å². The van der Waals surface area contributed by atoms with Crippen LogP contribution >= 0.6 is 11.6 Å². The molecule has 98 valence electrons. The van der Waals surface area contributed by atoms with Gasteiger partial charge in [0.15, 0.2) is 0 Å². The van der Waals surface area contributed by atoms with Gasteiger partial charge in [-0.15, -0.1) is 0 Å². The van der Waals surface area contributed by atoms with Crippen molar-refractivity contribution in [3.8, 4) is 6.07 Å². The molecule has 7 heteroatoms. The van der Waals surface area contributed by atoms with Gasteiger partial charge in [-0.25, -0.2) is 0 Å². The summed E-state index contributed by atoms with van der Waals surface area (Å²) in [4.78, 5) is 21.7. The molecule has 0 heterocycles. The van der Waals surface area contributed by atoms with Crippen molar-refractivity contribution in [2.75, 3.05) is 11.9 Å². The molecule has 1 aromatic carbocycles. The summed E-state index contributed by atoms with van der Waals surface area (Å²) in [5.41, 5.74) is 0.416. The molecule has 0 spiro atoms. The monoisotopic (exact) mass is 279 g/mol. The molecule has 1 rings (SSSR count). The first-order valence-electron chi connectivity index (χ1n) is 5.15. The Bertz CT molecular complexity index is 546. The van der Waals surface area contributed by atoms with E-state index in [4.69, 9.17) is 22.0 Å². The SMILES string of the molecule is N#C/C(=C/Nc1ccc(Cl)cc1)C(=O)NCC(=O)O. The minimum atomic E-state index is -1.18. The fourth-order valence-electron chi connectivity index (χ4n) is 1.10. The Kier molecular flexibility index (Phi) is 5.38. The lowest BCUT2D eigenvalue weighted by molar-refractivity contribution is -0.137. The van der Waals surface area contributed by atoms with Crippen molar-refractivity contribution in [3.63, 3.8) is 0 Å². The third-order valence-electron chi connectivity index (χ3n) is 1.99. The van der Waals surface area contributed by atoms with Crippen molar-refractivity contribution in [1.29, 1.82) is 5.26 Å². The van der Waals surface area contributed by atoms with Crippen molar-refractivity contribution in [3.05, 3.63) is 41.1 Å². The van der Waals surface area contributed by atoms with Crippen LogP contribution in [0.15, 0.2) is 36.0 Å². The molecule has 6 nitrogen and oxygen atoms in total. The van der Waals surface area contributed by atoms with E-state index in [1.54, 1.807) is 30.3 Å². The van der Waals surface area contributed by atoms with Crippen LogP contribution in [0.25, 0.3) is 0 Å². The molecule has 0 aromatic heterocycles. The molecule has 0 aliphatic rings. The Morgan fingerprint density at radius 1 is 1.37 bits per heavy atom. The minimum Gasteiger partial charge on any atom is -0.480 e. The Morgan fingerprint density at radius 3 is 2.53 bits per heavy atom. The number of hydrogen-bond donors (Lipinski definition) is 3. The van der Waals surface area contributed by atoms with E-state index >= 15 is 0 Å². The first kappa shape index (κ1) is 14.5. The Hall–Kier alpha value is -2.52. The molecule has 0 bridgehead atoms. The molecule has 0 radical (unpaired) electrons. The lowest BCUT2D eigenvalue weighted by atomic mass is 10.3. The summed E-state index contributed by atoms with van der Waals surface area (Å²) in [6.45, 7) is -0.543. The molecule has 0 aliphatic carbocycles. The van der Waals surface area contributed by atoms with E-state index in [0.717, 1.165) is 0 Å². The van der Waals surface area contributed by atoms with Gasteiger partial charge in [0.05, 0.1) is 0 Å². The van der Waals surface area contributed by atoms with Gasteiger partial charge in [0.25, 0.3) is 5.91 Å². The van der Waals surface area contributed by atoms with Crippen molar-refractivity contribution >= 4 is 29.2 Å². The van der Waals surface area contributed by atoms with Gasteiger partial charge in [0.2, 0.25) is 0 Å². The maximum absolute atomic E-state index is 11.4. The van der Waals surface area contributed by atoms with Crippen molar-refractivity contribution in [2.45, 2.75) is 0 Å². The third-order valence-corrected chi connectivity index (χ3v) is 2.24. The molecule has 0 saturated carbocycles. The summed E-state index contributed by atoms with van der Waals surface area (Å²) in [7, 11) is 0. The third kappa shape index (κ3) is 5.10. The van der Waals surface area contributed by atoms with Crippen LogP contribution in [0.2, 0.25) is 5.02 Å². The van der Waals surface area contributed by atoms with Gasteiger partial charge in [-0.1, -0.05) is 11.6 Å². The second-order valence-corrected chi connectivity index (χ2v) is 3.83. The largest absolute Gasteiger partial charge is 0.480 e. The zero-order valence-corrected chi connectivity index (χ0v) is 10.4. The van der Waals surface area contributed by atoms with E-state index in [1.807, 2.05) is 0 Å². The molecule has 0 aliphatic heterocycles. The fraction of sp³-hybridized carbons (Fsp3) is 0.0833. The van der Waals surface area contributed by atoms with Gasteiger partial charge in [-0.05, 0) is 24.3 Å². The second-order valence-electron chi connectivity index (χ2n) is 3.40. The van der Waals surface area contributed by atoms with Crippen LogP contribution in [0.4, 0.5) is 5.69 Å². The molecular weight excluding hydrogens is 270 g/mol. The number of halogens is 1. The summed E-state index contributed by atoms with van der Waals surface area (Å²) in [5.74, 6) is -1.94. The number of carboxylic acid groups (broad SMARTS) is 1. The first-order chi connectivity index (χ1) is 9.02. The summed E-state index contributed by atoms with van der Waals surface area (Å²) < 4.78 is 0. The summed E-state index contributed by atoms with van der Waals surface area (Å²) in [5, 5.41) is 22.6. The molecule has 19 heavy (non-hydrogen) atoms. The van der Waals surface area contributed by atoms with Crippen LogP contribution in [0.5, 0.6) is 0 Å². The number of carboxylic acids is 1. The summed E-state index contributed by atoms with van der Waals surface area (Å²) in [6.07, 6.45) is 1.19. The molecule has 1 amide bonds. The highest BCUT2D eigenvalue weighted by molar-refractivity contribution is 6.30. The predicted molar refractivity (Wildman–Crippen MR) is 69.4 cm³/mol. The van der Waals surface area contributed by atoms with Gasteiger partial charge >= 0.3 is 5.97 Å². The predicted octanol–water partition coefficient (Wildman–Crippen LogP) is 1.36.